The van der Waals surface area contributed by atoms with Crippen molar-refractivity contribution in [3.63, 3.8) is 0 Å². The van der Waals surface area contributed by atoms with Gasteiger partial charge in [-0.2, -0.15) is 0 Å². The number of benzene rings is 7. The van der Waals surface area contributed by atoms with Gasteiger partial charge in [-0.15, -0.1) is 0 Å². The lowest BCUT2D eigenvalue weighted by atomic mass is 9.29. The fourth-order valence-electron chi connectivity index (χ4n) is 9.26. The van der Waals surface area contributed by atoms with Crippen molar-refractivity contribution in [2.75, 3.05) is 9.80 Å². The summed E-state index contributed by atoms with van der Waals surface area (Å²) in [5, 5.41) is 0. The van der Waals surface area contributed by atoms with E-state index in [0.29, 0.717) is 0 Å². The minimum absolute atomic E-state index is 0.0271. The maximum absolute atomic E-state index is 4.47. The quantitative estimate of drug-likeness (QED) is 0.171. The Morgan fingerprint density at radius 1 is 0.472 bits per heavy atom. The molecule has 3 aliphatic heterocycles. The van der Waals surface area contributed by atoms with E-state index >= 15 is 0 Å². The molecule has 0 aliphatic carbocycles. The summed E-state index contributed by atoms with van der Waals surface area (Å²) in [6.07, 6.45) is 3.83. The van der Waals surface area contributed by atoms with Crippen LogP contribution in [0.1, 0.15) is 22.3 Å². The monoisotopic (exact) mass is 693 g/mol. The van der Waals surface area contributed by atoms with Crippen LogP contribution in [0.5, 0.6) is 0 Å². The van der Waals surface area contributed by atoms with E-state index in [0.717, 1.165) is 11.4 Å². The molecule has 0 unspecified atom stereocenters. The van der Waals surface area contributed by atoms with Crippen molar-refractivity contribution < 1.29 is 0 Å². The number of aromatic nitrogens is 1. The van der Waals surface area contributed by atoms with Gasteiger partial charge in [-0.05, 0) is 81.7 Å². The fourth-order valence-corrected chi connectivity index (χ4v) is 10.4. The predicted molar refractivity (Wildman–Crippen MR) is 221 cm³/mol. The Hall–Kier alpha value is -6.30. The molecule has 5 heteroatoms. The van der Waals surface area contributed by atoms with Gasteiger partial charge in [0.2, 0.25) is 6.71 Å². The second-order valence-corrected chi connectivity index (χ2v) is 14.9. The molecule has 3 nitrogen and oxygen atoms in total. The minimum atomic E-state index is -0.602. The summed E-state index contributed by atoms with van der Waals surface area (Å²) < 4.78 is 0. The molecule has 4 heterocycles. The largest absolute Gasteiger partial charge is 0.310 e. The van der Waals surface area contributed by atoms with Gasteiger partial charge >= 0.3 is 0 Å². The molecular weight excluding hydrogens is 661 g/mol. The zero-order chi connectivity index (χ0) is 34.9. The van der Waals surface area contributed by atoms with E-state index < -0.39 is 5.41 Å². The summed E-state index contributed by atoms with van der Waals surface area (Å²) in [7, 11) is 0. The minimum Gasteiger partial charge on any atom is -0.310 e. The van der Waals surface area contributed by atoms with E-state index in [-0.39, 0.29) is 6.71 Å². The van der Waals surface area contributed by atoms with Crippen molar-refractivity contribution in [1.82, 2.24) is 4.98 Å². The molecule has 8 aromatic rings. The standard InChI is InChI=1S/C48H32BN3S/c1-4-16-33(17-5-1)48(34-18-6-2-7-19-34)37-22-10-11-23-39(37)49-40-24-12-13-25-41(40)52(36-28-30-50-31-29-36)46-45(49)38(48)32-43-47(46)53-44-27-15-14-26-42(44)51(43)35-20-8-3-9-21-35/h1-32H. The Bertz CT molecular complexity index is 2630. The molecule has 3 aliphatic rings. The third-order valence-corrected chi connectivity index (χ3v) is 12.4. The van der Waals surface area contributed by atoms with Gasteiger partial charge in [0.15, 0.2) is 0 Å². The van der Waals surface area contributed by atoms with Crippen molar-refractivity contribution in [2.45, 2.75) is 15.2 Å². The molecule has 0 bridgehead atoms. The summed E-state index contributed by atoms with van der Waals surface area (Å²) in [5.74, 6) is 0. The number of fused-ring (bicyclic) bond motifs is 7. The molecule has 0 radical (unpaired) electrons. The number of para-hydroxylation sites is 3. The second-order valence-electron chi connectivity index (χ2n) is 13.9. The van der Waals surface area contributed by atoms with Gasteiger partial charge in [-0.3, -0.25) is 4.98 Å². The van der Waals surface area contributed by atoms with E-state index in [4.69, 9.17) is 0 Å². The summed E-state index contributed by atoms with van der Waals surface area (Å²) in [4.78, 5) is 12.0. The van der Waals surface area contributed by atoms with Crippen LogP contribution in [0.25, 0.3) is 0 Å². The smallest absolute Gasteiger partial charge is 0.247 e. The molecule has 53 heavy (non-hydrogen) atoms. The van der Waals surface area contributed by atoms with Crippen LogP contribution in [-0.2, 0) is 5.41 Å². The Morgan fingerprint density at radius 3 is 1.75 bits per heavy atom. The summed E-state index contributed by atoms with van der Waals surface area (Å²) in [6.45, 7) is 0.0271. The van der Waals surface area contributed by atoms with Crippen LogP contribution in [0.2, 0.25) is 0 Å². The number of nitrogens with zero attached hydrogens (tertiary/aromatic N) is 3. The highest BCUT2D eigenvalue weighted by Crippen LogP contribution is 2.59. The molecule has 11 rings (SSSR count). The van der Waals surface area contributed by atoms with Crippen molar-refractivity contribution in [3.8, 4) is 0 Å². The summed E-state index contributed by atoms with van der Waals surface area (Å²) in [6, 6.07) is 67.1. The number of anilines is 6. The molecule has 0 amide bonds. The molecule has 0 N–H and O–H groups in total. The number of rotatable bonds is 4. The maximum Gasteiger partial charge on any atom is 0.247 e. The number of hydrogen-bond donors (Lipinski definition) is 0. The van der Waals surface area contributed by atoms with Crippen LogP contribution >= 0.6 is 11.8 Å². The first kappa shape index (κ1) is 30.3. The molecule has 1 aromatic heterocycles. The number of hydrogen-bond acceptors (Lipinski definition) is 4. The van der Waals surface area contributed by atoms with E-state index in [1.807, 2.05) is 24.2 Å². The molecule has 0 spiro atoms. The number of pyridine rings is 1. The SMILES string of the molecule is c1ccc(N2c3ccccc3Sc3c2cc2c4c3N(c3ccncc3)c3ccccc3B4c3ccccc3C2(c2ccccc2)c2ccccc2)cc1. The van der Waals surface area contributed by atoms with Gasteiger partial charge in [0, 0.05) is 34.4 Å². The maximum atomic E-state index is 4.47. The molecule has 0 saturated heterocycles. The molecule has 0 fully saturated rings. The van der Waals surface area contributed by atoms with Crippen molar-refractivity contribution in [3.05, 3.63) is 217 Å². The highest BCUT2D eigenvalue weighted by atomic mass is 32.2. The van der Waals surface area contributed by atoms with E-state index in [2.05, 4.69) is 197 Å². The van der Waals surface area contributed by atoms with Crippen LogP contribution in [0.4, 0.5) is 34.1 Å². The molecule has 0 saturated carbocycles. The van der Waals surface area contributed by atoms with E-state index in [1.165, 1.54) is 71.2 Å². The van der Waals surface area contributed by atoms with E-state index in [9.17, 15) is 0 Å². The van der Waals surface area contributed by atoms with Crippen LogP contribution in [0.3, 0.4) is 0 Å². The average molecular weight is 694 g/mol. The van der Waals surface area contributed by atoms with Gasteiger partial charge < -0.3 is 9.80 Å². The van der Waals surface area contributed by atoms with Crippen molar-refractivity contribution in [2.24, 2.45) is 0 Å². The summed E-state index contributed by atoms with van der Waals surface area (Å²) >= 11 is 1.89. The lowest BCUT2D eigenvalue weighted by molar-refractivity contribution is 0.749. The molecule has 7 aromatic carbocycles. The summed E-state index contributed by atoms with van der Waals surface area (Å²) in [5.41, 5.74) is 15.6. The van der Waals surface area contributed by atoms with E-state index in [1.54, 1.807) is 0 Å². The van der Waals surface area contributed by atoms with Gasteiger partial charge in [0.1, 0.15) is 0 Å². The zero-order valence-electron chi connectivity index (χ0n) is 28.8. The molecular formula is C48H32BN3S. The lowest BCUT2D eigenvalue weighted by Gasteiger charge is -2.50. The average Bonchev–Trinajstić information content (AvgIpc) is 3.24. The fraction of sp³-hybridized carbons (Fsp3) is 0.0208. The third kappa shape index (κ3) is 4.29. The highest BCUT2D eigenvalue weighted by Gasteiger charge is 2.53. The molecule has 248 valence electrons. The van der Waals surface area contributed by atoms with Crippen LogP contribution < -0.4 is 26.2 Å². The Balaban J connectivity index is 1.38. The van der Waals surface area contributed by atoms with Gasteiger partial charge in [-0.25, -0.2) is 0 Å². The van der Waals surface area contributed by atoms with Crippen molar-refractivity contribution >= 4 is 69.0 Å². The van der Waals surface area contributed by atoms with Crippen LogP contribution in [-0.4, -0.2) is 11.7 Å². The zero-order valence-corrected chi connectivity index (χ0v) is 29.6. The normalized spacial score (nSPS) is 14.4. The predicted octanol–water partition coefficient (Wildman–Crippen LogP) is 10.0. The third-order valence-electron chi connectivity index (χ3n) is 11.3. The van der Waals surface area contributed by atoms with Gasteiger partial charge in [-0.1, -0.05) is 151 Å². The Labute approximate surface area is 314 Å². The first-order chi connectivity index (χ1) is 26.3. The van der Waals surface area contributed by atoms with Gasteiger partial charge in [0.05, 0.1) is 27.4 Å². The molecule has 0 atom stereocenters. The Morgan fingerprint density at radius 2 is 1.04 bits per heavy atom. The Kier molecular flexibility index (Phi) is 6.80. The topological polar surface area (TPSA) is 19.4 Å². The van der Waals surface area contributed by atoms with Crippen LogP contribution in [0.15, 0.2) is 204 Å². The second kappa shape index (κ2) is 11.9. The first-order valence-corrected chi connectivity index (χ1v) is 19.0. The first-order valence-electron chi connectivity index (χ1n) is 18.2. The van der Waals surface area contributed by atoms with Gasteiger partial charge in [0.25, 0.3) is 0 Å². The lowest BCUT2D eigenvalue weighted by Crippen LogP contribution is -2.65. The van der Waals surface area contributed by atoms with Crippen LogP contribution in [0, 0.1) is 0 Å². The van der Waals surface area contributed by atoms with Crippen molar-refractivity contribution in [1.29, 1.82) is 0 Å². The highest BCUT2D eigenvalue weighted by molar-refractivity contribution is 8.00.